The molecule has 6 heteroatoms. The molecule has 0 radical (unpaired) electrons. The number of nitrogens with zero attached hydrogens (tertiary/aromatic N) is 4. The van der Waals surface area contributed by atoms with Crippen molar-refractivity contribution in [3.05, 3.63) is 40.9 Å². The van der Waals surface area contributed by atoms with Gasteiger partial charge in [0.05, 0.1) is 6.10 Å². The highest BCUT2D eigenvalue weighted by Crippen LogP contribution is 2.35. The van der Waals surface area contributed by atoms with Crippen LogP contribution in [0.25, 0.3) is 0 Å². The van der Waals surface area contributed by atoms with Gasteiger partial charge < -0.3 is 10.4 Å². The van der Waals surface area contributed by atoms with Crippen LogP contribution in [0.15, 0.2) is 12.4 Å². The molecule has 4 rings (SSSR count). The van der Waals surface area contributed by atoms with Crippen LogP contribution in [0.2, 0.25) is 0 Å². The van der Waals surface area contributed by atoms with Crippen molar-refractivity contribution in [2.75, 3.05) is 11.9 Å². The van der Waals surface area contributed by atoms with Crippen LogP contribution < -0.4 is 5.32 Å². The van der Waals surface area contributed by atoms with Crippen molar-refractivity contribution in [1.82, 2.24) is 19.9 Å². The maximum Gasteiger partial charge on any atom is 0.130 e. The summed E-state index contributed by atoms with van der Waals surface area (Å²) in [4.78, 5) is 18.1. The molecule has 2 aromatic heterocycles. The molecule has 2 heterocycles. The van der Waals surface area contributed by atoms with E-state index in [-0.39, 0.29) is 6.10 Å². The monoisotopic (exact) mass is 339 g/mol. The van der Waals surface area contributed by atoms with Crippen LogP contribution in [0.5, 0.6) is 0 Å². The molecule has 2 aromatic rings. The quantitative estimate of drug-likeness (QED) is 0.870. The predicted octanol–water partition coefficient (Wildman–Crippen LogP) is 2.35. The van der Waals surface area contributed by atoms with Crippen LogP contribution in [-0.2, 0) is 19.3 Å². The molecule has 6 nitrogen and oxygen atoms in total. The number of aromatic nitrogens is 4. The second-order valence-electron chi connectivity index (χ2n) is 7.18. The second-order valence-corrected chi connectivity index (χ2v) is 7.18. The average molecular weight is 339 g/mol. The van der Waals surface area contributed by atoms with Gasteiger partial charge in [-0.3, -0.25) is 0 Å². The first-order chi connectivity index (χ1) is 12.2. The van der Waals surface area contributed by atoms with Gasteiger partial charge in [0.2, 0.25) is 0 Å². The van der Waals surface area contributed by atoms with E-state index >= 15 is 0 Å². The van der Waals surface area contributed by atoms with E-state index in [1.165, 1.54) is 24.1 Å². The van der Waals surface area contributed by atoms with Gasteiger partial charge in [0.25, 0.3) is 0 Å². The van der Waals surface area contributed by atoms with Crippen LogP contribution in [0, 0.1) is 6.92 Å². The second kappa shape index (κ2) is 7.04. The maximum atomic E-state index is 9.45. The summed E-state index contributed by atoms with van der Waals surface area (Å²) in [6, 6.07) is 2.00. The molecule has 0 spiro atoms. The zero-order chi connectivity index (χ0) is 17.2. The van der Waals surface area contributed by atoms with E-state index in [0.717, 1.165) is 61.7 Å². The summed E-state index contributed by atoms with van der Waals surface area (Å²) >= 11 is 0. The van der Waals surface area contributed by atoms with Crippen LogP contribution >= 0.6 is 0 Å². The highest BCUT2D eigenvalue weighted by atomic mass is 16.3. The van der Waals surface area contributed by atoms with Gasteiger partial charge >= 0.3 is 0 Å². The van der Waals surface area contributed by atoms with Gasteiger partial charge in [0, 0.05) is 42.0 Å². The van der Waals surface area contributed by atoms with Crippen LogP contribution in [0.1, 0.15) is 60.1 Å². The van der Waals surface area contributed by atoms with Gasteiger partial charge in [-0.15, -0.1) is 0 Å². The van der Waals surface area contributed by atoms with Crippen molar-refractivity contribution >= 4 is 5.82 Å². The van der Waals surface area contributed by atoms with Crippen LogP contribution in [-0.4, -0.2) is 37.7 Å². The first-order valence-electron chi connectivity index (χ1n) is 9.28. The minimum atomic E-state index is -0.166. The largest absolute Gasteiger partial charge is 0.393 e. The van der Waals surface area contributed by atoms with Crippen molar-refractivity contribution in [3.63, 3.8) is 0 Å². The van der Waals surface area contributed by atoms with E-state index in [9.17, 15) is 5.11 Å². The third-order valence-electron chi connectivity index (χ3n) is 5.31. The number of nitrogens with one attached hydrogen (secondary N) is 1. The normalized spacial score (nSPS) is 22.2. The van der Waals surface area contributed by atoms with Gasteiger partial charge in [0.15, 0.2) is 0 Å². The number of hydrogen-bond acceptors (Lipinski definition) is 6. The fraction of sp³-hybridized carbons (Fsp3) is 0.579. The zero-order valence-corrected chi connectivity index (χ0v) is 14.7. The maximum absolute atomic E-state index is 9.45. The topological polar surface area (TPSA) is 83.8 Å². The summed E-state index contributed by atoms with van der Waals surface area (Å²) < 4.78 is 0. The Hall–Kier alpha value is -2.08. The predicted molar refractivity (Wildman–Crippen MR) is 95.6 cm³/mol. The third-order valence-corrected chi connectivity index (χ3v) is 5.31. The van der Waals surface area contributed by atoms with E-state index in [2.05, 4.69) is 27.2 Å². The smallest absolute Gasteiger partial charge is 0.130 e. The molecule has 0 bridgehead atoms. The SMILES string of the molecule is Cc1nc(CCNc2cc(C3CC(O)C3)ncn2)nc2c1CCCC2. The first kappa shape index (κ1) is 16.4. The lowest BCUT2D eigenvalue weighted by Crippen LogP contribution is -2.27. The zero-order valence-electron chi connectivity index (χ0n) is 14.7. The van der Waals surface area contributed by atoms with E-state index < -0.39 is 0 Å². The Morgan fingerprint density at radius 3 is 2.84 bits per heavy atom. The van der Waals surface area contributed by atoms with Gasteiger partial charge in [-0.05, 0) is 51.0 Å². The summed E-state index contributed by atoms with van der Waals surface area (Å²) in [5, 5.41) is 12.8. The van der Waals surface area contributed by atoms with E-state index in [1.807, 2.05) is 6.07 Å². The fourth-order valence-corrected chi connectivity index (χ4v) is 3.78. The number of aliphatic hydroxyl groups excluding tert-OH is 1. The number of fused-ring (bicyclic) bond motifs is 1. The van der Waals surface area contributed by atoms with E-state index in [1.54, 1.807) is 6.33 Å². The Balaban J connectivity index is 1.36. The number of aliphatic hydroxyl groups is 1. The summed E-state index contributed by atoms with van der Waals surface area (Å²) in [5.41, 5.74) is 4.78. The lowest BCUT2D eigenvalue weighted by Gasteiger charge is -2.30. The van der Waals surface area contributed by atoms with Crippen molar-refractivity contribution < 1.29 is 5.11 Å². The van der Waals surface area contributed by atoms with Gasteiger partial charge in [0.1, 0.15) is 18.0 Å². The molecule has 0 saturated heterocycles. The highest BCUT2D eigenvalue weighted by Gasteiger charge is 2.29. The molecule has 0 aliphatic heterocycles. The molecule has 132 valence electrons. The Morgan fingerprint density at radius 2 is 2.00 bits per heavy atom. The van der Waals surface area contributed by atoms with E-state index in [0.29, 0.717) is 5.92 Å². The van der Waals surface area contributed by atoms with E-state index in [4.69, 9.17) is 4.98 Å². The fourth-order valence-electron chi connectivity index (χ4n) is 3.78. The van der Waals surface area contributed by atoms with Gasteiger partial charge in [-0.25, -0.2) is 19.9 Å². The Morgan fingerprint density at radius 1 is 1.16 bits per heavy atom. The van der Waals surface area contributed by atoms with Crippen molar-refractivity contribution in [1.29, 1.82) is 0 Å². The molecule has 1 fully saturated rings. The van der Waals surface area contributed by atoms with Crippen molar-refractivity contribution in [2.24, 2.45) is 0 Å². The molecule has 2 aliphatic rings. The average Bonchev–Trinajstić information content (AvgIpc) is 2.59. The molecule has 0 unspecified atom stereocenters. The molecule has 0 atom stereocenters. The minimum absolute atomic E-state index is 0.166. The molecule has 0 amide bonds. The lowest BCUT2D eigenvalue weighted by molar-refractivity contribution is 0.0732. The number of anilines is 1. The highest BCUT2D eigenvalue weighted by molar-refractivity contribution is 5.36. The Bertz CT molecular complexity index is 757. The Labute approximate surface area is 148 Å². The molecule has 2 aliphatic carbocycles. The van der Waals surface area contributed by atoms with Gasteiger partial charge in [-0.2, -0.15) is 0 Å². The van der Waals surface area contributed by atoms with Gasteiger partial charge in [-0.1, -0.05) is 0 Å². The molecular weight excluding hydrogens is 314 g/mol. The molecule has 2 N–H and O–H groups in total. The molecular formula is C19H25N5O. The number of aryl methyl sites for hydroxylation is 2. The number of rotatable bonds is 5. The number of hydrogen-bond donors (Lipinski definition) is 2. The molecule has 1 saturated carbocycles. The summed E-state index contributed by atoms with van der Waals surface area (Å²) in [7, 11) is 0. The van der Waals surface area contributed by atoms with Crippen molar-refractivity contribution in [3.8, 4) is 0 Å². The summed E-state index contributed by atoms with van der Waals surface area (Å²) in [6.45, 7) is 2.86. The standard InChI is InChI=1S/C19H25N5O/c1-12-15-4-2-3-5-16(15)24-18(23-12)6-7-20-19-10-17(21-11-22-19)13-8-14(25)9-13/h10-11,13-14,25H,2-9H2,1H3,(H,20,21,22). The third kappa shape index (κ3) is 3.63. The minimum Gasteiger partial charge on any atom is -0.393 e. The van der Waals surface area contributed by atoms with Crippen LogP contribution in [0.4, 0.5) is 5.82 Å². The summed E-state index contributed by atoms with van der Waals surface area (Å²) in [5.74, 6) is 2.12. The molecule has 25 heavy (non-hydrogen) atoms. The molecule has 0 aromatic carbocycles. The van der Waals surface area contributed by atoms with Crippen molar-refractivity contribution in [2.45, 2.75) is 63.9 Å². The Kier molecular flexibility index (Phi) is 4.61. The summed E-state index contributed by atoms with van der Waals surface area (Å²) in [6.07, 6.45) is 8.53. The lowest BCUT2D eigenvalue weighted by atomic mass is 9.80. The first-order valence-corrected chi connectivity index (χ1v) is 9.28. The van der Waals surface area contributed by atoms with Crippen LogP contribution in [0.3, 0.4) is 0 Å².